The van der Waals surface area contributed by atoms with Crippen molar-refractivity contribution in [2.24, 2.45) is 23.2 Å². The first-order chi connectivity index (χ1) is 8.01. The normalized spacial score (nSPS) is 49.1. The molecule has 5 atom stereocenters. The van der Waals surface area contributed by atoms with Gasteiger partial charge in [0.15, 0.2) is 0 Å². The van der Waals surface area contributed by atoms with Crippen LogP contribution in [0.2, 0.25) is 0 Å². The lowest BCUT2D eigenvalue weighted by Crippen LogP contribution is -2.38. The quantitative estimate of drug-likeness (QED) is 0.475. The Balaban J connectivity index is 1.98. The monoisotopic (exact) mass is 234 g/mol. The van der Waals surface area contributed by atoms with Crippen LogP contribution in [0.25, 0.3) is 0 Å². The summed E-state index contributed by atoms with van der Waals surface area (Å²) < 4.78 is 5.54. The third-order valence-electron chi connectivity index (χ3n) is 5.26. The Kier molecular flexibility index (Phi) is 2.39. The molecular weight excluding hydrogens is 212 g/mol. The lowest BCUT2D eigenvalue weighted by molar-refractivity contribution is -0.144. The van der Waals surface area contributed by atoms with Gasteiger partial charge in [-0.15, -0.1) is 0 Å². The number of hydrogen-bond acceptors (Lipinski definition) is 2. The topological polar surface area (TPSA) is 26.3 Å². The summed E-state index contributed by atoms with van der Waals surface area (Å²) in [6, 6.07) is 0. The van der Waals surface area contributed by atoms with Gasteiger partial charge in [-0.2, -0.15) is 0 Å². The first kappa shape index (κ1) is 11.3. The fourth-order valence-corrected chi connectivity index (χ4v) is 4.17. The number of rotatable bonds is 0. The van der Waals surface area contributed by atoms with Crippen LogP contribution in [0.4, 0.5) is 0 Å². The van der Waals surface area contributed by atoms with Crippen LogP contribution in [0, 0.1) is 23.2 Å². The highest BCUT2D eigenvalue weighted by Gasteiger charge is 2.50. The van der Waals surface area contributed by atoms with Gasteiger partial charge in [0.2, 0.25) is 0 Å². The van der Waals surface area contributed by atoms with E-state index < -0.39 is 0 Å². The van der Waals surface area contributed by atoms with Crippen molar-refractivity contribution in [2.45, 2.75) is 52.6 Å². The van der Waals surface area contributed by atoms with Crippen LogP contribution in [0.3, 0.4) is 0 Å². The lowest BCUT2D eigenvalue weighted by Gasteiger charge is -2.45. The summed E-state index contributed by atoms with van der Waals surface area (Å²) in [5.41, 5.74) is 1.90. The van der Waals surface area contributed by atoms with E-state index in [4.69, 9.17) is 4.74 Å². The number of allylic oxidation sites excluding steroid dienone is 1. The molecule has 3 aliphatic rings. The third kappa shape index (κ3) is 1.56. The lowest BCUT2D eigenvalue weighted by atomic mass is 9.60. The highest BCUT2D eigenvalue weighted by atomic mass is 16.6. The Bertz CT molecular complexity index is 384. The summed E-state index contributed by atoms with van der Waals surface area (Å²) >= 11 is 0. The standard InChI is InChI=1S/C15H22O2/c1-9-5-4-6-15(3)8-13-11(7-12(9)15)10(2)14(16)17-13/h7,9-11,13H,4-6,8H2,1-3H3/t9-,10-,11+,13-,15-/m0/s1. The van der Waals surface area contributed by atoms with E-state index in [1.165, 1.54) is 19.3 Å². The number of carbonyl (C=O) groups is 1. The highest BCUT2D eigenvalue weighted by Crippen LogP contribution is 2.53. The zero-order chi connectivity index (χ0) is 12.2. The molecule has 0 amide bonds. The van der Waals surface area contributed by atoms with Gasteiger partial charge in [0, 0.05) is 5.92 Å². The van der Waals surface area contributed by atoms with Gasteiger partial charge in [0.1, 0.15) is 6.10 Å². The van der Waals surface area contributed by atoms with Crippen molar-refractivity contribution in [3.63, 3.8) is 0 Å². The average molecular weight is 234 g/mol. The van der Waals surface area contributed by atoms with Gasteiger partial charge in [-0.25, -0.2) is 0 Å². The summed E-state index contributed by atoms with van der Waals surface area (Å²) in [7, 11) is 0. The Labute approximate surface area is 103 Å². The van der Waals surface area contributed by atoms with Crippen LogP contribution in [0.5, 0.6) is 0 Å². The first-order valence-corrected chi connectivity index (χ1v) is 6.94. The van der Waals surface area contributed by atoms with Crippen molar-refractivity contribution in [1.82, 2.24) is 0 Å². The predicted octanol–water partition coefficient (Wildman–Crippen LogP) is 3.32. The molecule has 1 aliphatic heterocycles. The van der Waals surface area contributed by atoms with Gasteiger partial charge < -0.3 is 4.74 Å². The minimum Gasteiger partial charge on any atom is -0.461 e. The van der Waals surface area contributed by atoms with Crippen LogP contribution >= 0.6 is 0 Å². The van der Waals surface area contributed by atoms with E-state index in [0.29, 0.717) is 17.3 Å². The molecule has 1 heterocycles. The molecule has 17 heavy (non-hydrogen) atoms. The fraction of sp³-hybridized carbons (Fsp3) is 0.800. The molecule has 2 heteroatoms. The molecular formula is C15H22O2. The number of ether oxygens (including phenoxy) is 1. The maximum Gasteiger partial charge on any atom is 0.309 e. The van der Waals surface area contributed by atoms with Gasteiger partial charge >= 0.3 is 5.97 Å². The highest BCUT2D eigenvalue weighted by molar-refractivity contribution is 5.75. The molecule has 0 aromatic carbocycles. The van der Waals surface area contributed by atoms with E-state index in [-0.39, 0.29) is 18.0 Å². The number of fused-ring (bicyclic) bond motifs is 2. The van der Waals surface area contributed by atoms with Crippen LogP contribution in [0.15, 0.2) is 11.6 Å². The number of carbonyl (C=O) groups excluding carboxylic acids is 1. The molecule has 0 radical (unpaired) electrons. The Hall–Kier alpha value is -0.790. The Morgan fingerprint density at radius 1 is 1.41 bits per heavy atom. The van der Waals surface area contributed by atoms with E-state index >= 15 is 0 Å². The van der Waals surface area contributed by atoms with Crippen molar-refractivity contribution in [3.8, 4) is 0 Å². The minimum absolute atomic E-state index is 0.00625. The van der Waals surface area contributed by atoms with Crippen molar-refractivity contribution >= 4 is 5.97 Å². The molecule has 94 valence electrons. The molecule has 0 N–H and O–H groups in total. The molecule has 0 spiro atoms. The molecule has 0 aromatic heterocycles. The van der Waals surface area contributed by atoms with Gasteiger partial charge in [-0.05, 0) is 30.6 Å². The van der Waals surface area contributed by atoms with Crippen molar-refractivity contribution < 1.29 is 9.53 Å². The SMILES string of the molecule is C[C@@H]1C(=O)O[C@H]2C[C@]3(C)CCC[C@H](C)C3=C[C@@H]21. The third-order valence-corrected chi connectivity index (χ3v) is 5.26. The smallest absolute Gasteiger partial charge is 0.309 e. The van der Waals surface area contributed by atoms with Crippen LogP contribution in [-0.2, 0) is 9.53 Å². The summed E-state index contributed by atoms with van der Waals surface area (Å²) in [5, 5.41) is 0. The van der Waals surface area contributed by atoms with E-state index in [1.807, 2.05) is 6.92 Å². The zero-order valence-corrected chi connectivity index (χ0v) is 11.0. The fourth-order valence-electron chi connectivity index (χ4n) is 4.17. The second-order valence-electron chi connectivity index (χ2n) is 6.52. The Morgan fingerprint density at radius 2 is 2.18 bits per heavy atom. The van der Waals surface area contributed by atoms with Crippen molar-refractivity contribution in [2.75, 3.05) is 0 Å². The molecule has 1 saturated carbocycles. The molecule has 1 saturated heterocycles. The summed E-state index contributed by atoms with van der Waals surface area (Å²) in [6.07, 6.45) is 7.48. The largest absolute Gasteiger partial charge is 0.461 e. The number of esters is 1. The van der Waals surface area contributed by atoms with E-state index in [2.05, 4.69) is 19.9 Å². The van der Waals surface area contributed by atoms with Gasteiger partial charge in [-0.3, -0.25) is 4.79 Å². The molecule has 0 unspecified atom stereocenters. The second-order valence-corrected chi connectivity index (χ2v) is 6.52. The molecule has 0 bridgehead atoms. The van der Waals surface area contributed by atoms with Crippen LogP contribution in [0.1, 0.15) is 46.5 Å². The molecule has 2 aliphatic carbocycles. The molecule has 2 fully saturated rings. The summed E-state index contributed by atoms with van der Waals surface area (Å²) in [4.78, 5) is 11.7. The van der Waals surface area contributed by atoms with E-state index in [9.17, 15) is 4.79 Å². The van der Waals surface area contributed by atoms with Gasteiger partial charge in [-0.1, -0.05) is 38.8 Å². The molecule has 3 rings (SSSR count). The summed E-state index contributed by atoms with van der Waals surface area (Å²) in [5.74, 6) is 1.10. The minimum atomic E-state index is 0.00625. The van der Waals surface area contributed by atoms with Crippen LogP contribution < -0.4 is 0 Å². The summed E-state index contributed by atoms with van der Waals surface area (Å²) in [6.45, 7) is 6.72. The van der Waals surface area contributed by atoms with E-state index in [1.54, 1.807) is 5.57 Å². The average Bonchev–Trinajstić information content (AvgIpc) is 2.52. The predicted molar refractivity (Wildman–Crippen MR) is 66.4 cm³/mol. The molecule has 0 aromatic rings. The van der Waals surface area contributed by atoms with E-state index in [0.717, 1.165) is 6.42 Å². The van der Waals surface area contributed by atoms with Crippen molar-refractivity contribution in [1.29, 1.82) is 0 Å². The zero-order valence-electron chi connectivity index (χ0n) is 11.0. The van der Waals surface area contributed by atoms with Crippen LogP contribution in [-0.4, -0.2) is 12.1 Å². The van der Waals surface area contributed by atoms with Gasteiger partial charge in [0.05, 0.1) is 5.92 Å². The maximum absolute atomic E-state index is 11.7. The second kappa shape index (κ2) is 3.60. The first-order valence-electron chi connectivity index (χ1n) is 6.94. The molecule has 2 nitrogen and oxygen atoms in total. The van der Waals surface area contributed by atoms with Crippen molar-refractivity contribution in [3.05, 3.63) is 11.6 Å². The maximum atomic E-state index is 11.7. The van der Waals surface area contributed by atoms with Gasteiger partial charge in [0.25, 0.3) is 0 Å². The number of hydrogen-bond donors (Lipinski definition) is 0. The Morgan fingerprint density at radius 3 is 2.94 bits per heavy atom.